The minimum Gasteiger partial charge on any atom is -0.267 e. The quantitative estimate of drug-likeness (QED) is 0.667. The van der Waals surface area contributed by atoms with Gasteiger partial charge < -0.3 is 0 Å². The zero-order valence-electron chi connectivity index (χ0n) is 7.29. The Morgan fingerprint density at radius 2 is 2.14 bits per heavy atom. The zero-order valence-corrected chi connectivity index (χ0v) is 8.05. The Kier molecular flexibility index (Phi) is 2.00. The molecule has 1 aromatic carbocycles. The summed E-state index contributed by atoms with van der Waals surface area (Å²) in [7, 11) is 1.50. The van der Waals surface area contributed by atoms with Crippen LogP contribution in [0.25, 0.3) is 10.8 Å². The van der Waals surface area contributed by atoms with Crippen LogP contribution in [0.2, 0.25) is 5.15 Å². The lowest BCUT2D eigenvalue weighted by molar-refractivity contribution is 0.629. The van der Waals surface area contributed by atoms with E-state index < -0.39 is 5.82 Å². The van der Waals surface area contributed by atoms with Crippen molar-refractivity contribution in [1.29, 1.82) is 0 Å². The van der Waals surface area contributed by atoms with Gasteiger partial charge in [0.25, 0.3) is 5.56 Å². The number of halogens is 2. The summed E-state index contributed by atoms with van der Waals surface area (Å²) in [6.07, 6.45) is 0. The van der Waals surface area contributed by atoms with Gasteiger partial charge in [-0.15, -0.1) is 0 Å². The molecule has 0 fully saturated rings. The van der Waals surface area contributed by atoms with Crippen LogP contribution in [0.15, 0.2) is 23.0 Å². The highest BCUT2D eigenvalue weighted by Crippen LogP contribution is 2.18. The molecule has 0 aliphatic rings. The summed E-state index contributed by atoms with van der Waals surface area (Å²) < 4.78 is 14.0. The third kappa shape index (κ3) is 1.28. The average molecular weight is 213 g/mol. The number of benzene rings is 1. The van der Waals surface area contributed by atoms with Crippen molar-refractivity contribution in [1.82, 2.24) is 9.78 Å². The van der Waals surface area contributed by atoms with Gasteiger partial charge in [0.15, 0.2) is 5.15 Å². The minimum absolute atomic E-state index is 0.126. The first-order valence-electron chi connectivity index (χ1n) is 3.91. The van der Waals surface area contributed by atoms with Crippen molar-refractivity contribution in [2.24, 2.45) is 7.05 Å². The predicted molar refractivity (Wildman–Crippen MR) is 52.0 cm³/mol. The molecule has 0 aliphatic carbocycles. The van der Waals surface area contributed by atoms with E-state index in [0.717, 1.165) is 4.68 Å². The van der Waals surface area contributed by atoms with E-state index in [2.05, 4.69) is 5.10 Å². The lowest BCUT2D eigenvalue weighted by Crippen LogP contribution is -2.19. The van der Waals surface area contributed by atoms with Gasteiger partial charge in [0.1, 0.15) is 5.82 Å². The first-order chi connectivity index (χ1) is 6.59. The highest BCUT2D eigenvalue weighted by Gasteiger charge is 2.07. The maximum Gasteiger partial charge on any atom is 0.274 e. The van der Waals surface area contributed by atoms with Crippen LogP contribution in [-0.2, 0) is 7.05 Å². The maximum absolute atomic E-state index is 12.9. The number of rotatable bonds is 0. The molecule has 0 amide bonds. The second-order valence-corrected chi connectivity index (χ2v) is 3.27. The van der Waals surface area contributed by atoms with Crippen LogP contribution >= 0.6 is 11.6 Å². The zero-order chi connectivity index (χ0) is 10.3. The second kappa shape index (κ2) is 3.06. The normalized spacial score (nSPS) is 10.8. The number of aryl methyl sites for hydroxylation is 1. The SMILES string of the molecule is Cn1nc(Cl)c2cc(F)ccc2c1=O. The van der Waals surface area contributed by atoms with Crippen LogP contribution in [0, 0.1) is 5.82 Å². The smallest absolute Gasteiger partial charge is 0.267 e. The van der Waals surface area contributed by atoms with E-state index in [1.165, 1.54) is 25.2 Å². The Labute approximate surface area is 83.7 Å². The molecule has 0 aliphatic heterocycles. The van der Waals surface area contributed by atoms with E-state index >= 15 is 0 Å². The van der Waals surface area contributed by atoms with Gasteiger partial charge in [-0.3, -0.25) is 4.79 Å². The number of nitrogens with zero attached hydrogens (tertiary/aromatic N) is 2. The molecule has 1 heterocycles. The summed E-state index contributed by atoms with van der Waals surface area (Å²) >= 11 is 5.77. The van der Waals surface area contributed by atoms with E-state index in [4.69, 9.17) is 11.6 Å². The third-order valence-electron chi connectivity index (χ3n) is 1.97. The number of aromatic nitrogens is 2. The summed E-state index contributed by atoms with van der Waals surface area (Å²) in [6, 6.07) is 3.83. The molecule has 0 atom stereocenters. The number of fused-ring (bicyclic) bond motifs is 1. The first-order valence-corrected chi connectivity index (χ1v) is 4.29. The molecular weight excluding hydrogens is 207 g/mol. The molecule has 72 valence electrons. The van der Waals surface area contributed by atoms with Crippen molar-refractivity contribution in [3.05, 3.63) is 39.5 Å². The van der Waals surface area contributed by atoms with Crippen LogP contribution in [0.3, 0.4) is 0 Å². The van der Waals surface area contributed by atoms with Gasteiger partial charge in [-0.2, -0.15) is 5.10 Å². The summed E-state index contributed by atoms with van der Waals surface area (Å²) in [5.41, 5.74) is -0.288. The average Bonchev–Trinajstić information content (AvgIpc) is 2.14. The topological polar surface area (TPSA) is 34.9 Å². The van der Waals surface area contributed by atoms with E-state index in [1.807, 2.05) is 0 Å². The van der Waals surface area contributed by atoms with Crippen molar-refractivity contribution in [3.8, 4) is 0 Å². The monoisotopic (exact) mass is 212 g/mol. The molecule has 0 spiro atoms. The predicted octanol–water partition coefficient (Wildman–Crippen LogP) is 1.73. The molecule has 5 heteroatoms. The lowest BCUT2D eigenvalue weighted by atomic mass is 10.2. The maximum atomic E-state index is 12.9. The Bertz CT molecular complexity index is 564. The van der Waals surface area contributed by atoms with Gasteiger partial charge in [0, 0.05) is 12.4 Å². The fraction of sp³-hybridized carbons (Fsp3) is 0.111. The molecule has 14 heavy (non-hydrogen) atoms. The van der Waals surface area contributed by atoms with Crippen molar-refractivity contribution in [3.63, 3.8) is 0 Å². The Morgan fingerprint density at radius 3 is 2.86 bits per heavy atom. The molecule has 2 aromatic rings. The molecule has 0 saturated carbocycles. The molecule has 0 N–H and O–H groups in total. The molecule has 2 rings (SSSR count). The fourth-order valence-corrected chi connectivity index (χ4v) is 1.55. The van der Waals surface area contributed by atoms with Crippen LogP contribution in [0.5, 0.6) is 0 Å². The van der Waals surface area contributed by atoms with Crippen molar-refractivity contribution in [2.45, 2.75) is 0 Å². The second-order valence-electron chi connectivity index (χ2n) is 2.91. The summed E-state index contributed by atoms with van der Waals surface area (Å²) in [4.78, 5) is 11.5. The van der Waals surface area contributed by atoms with Crippen LogP contribution in [-0.4, -0.2) is 9.78 Å². The summed E-state index contributed by atoms with van der Waals surface area (Å²) in [5.74, 6) is -0.436. The number of hydrogen-bond acceptors (Lipinski definition) is 2. The highest BCUT2D eigenvalue weighted by atomic mass is 35.5. The van der Waals surface area contributed by atoms with Gasteiger partial charge in [0.2, 0.25) is 0 Å². The molecule has 0 bridgehead atoms. The first kappa shape index (κ1) is 9.15. The molecule has 0 radical (unpaired) electrons. The standard InChI is InChI=1S/C9H6ClFN2O/c1-13-9(14)6-3-2-5(11)4-7(6)8(10)12-13/h2-4H,1H3. The van der Waals surface area contributed by atoms with E-state index in [1.54, 1.807) is 0 Å². The van der Waals surface area contributed by atoms with Gasteiger partial charge in [-0.1, -0.05) is 11.6 Å². The van der Waals surface area contributed by atoms with Gasteiger partial charge in [-0.05, 0) is 18.2 Å². The van der Waals surface area contributed by atoms with Crippen LogP contribution < -0.4 is 5.56 Å². The van der Waals surface area contributed by atoms with Crippen molar-refractivity contribution < 1.29 is 4.39 Å². The summed E-state index contributed by atoms with van der Waals surface area (Å²) in [6.45, 7) is 0. The Balaban J connectivity index is 3.02. The summed E-state index contributed by atoms with van der Waals surface area (Å²) in [5, 5.41) is 4.58. The molecule has 0 saturated heterocycles. The third-order valence-corrected chi connectivity index (χ3v) is 2.25. The Morgan fingerprint density at radius 1 is 1.43 bits per heavy atom. The van der Waals surface area contributed by atoms with E-state index in [-0.39, 0.29) is 10.7 Å². The fourth-order valence-electron chi connectivity index (χ4n) is 1.28. The minimum atomic E-state index is -0.436. The van der Waals surface area contributed by atoms with Crippen molar-refractivity contribution >= 4 is 22.4 Å². The Hall–Kier alpha value is -1.42. The largest absolute Gasteiger partial charge is 0.274 e. The van der Waals surface area contributed by atoms with Crippen molar-refractivity contribution in [2.75, 3.05) is 0 Å². The van der Waals surface area contributed by atoms with Crippen LogP contribution in [0.4, 0.5) is 4.39 Å². The molecular formula is C9H6ClFN2O. The van der Waals surface area contributed by atoms with Gasteiger partial charge in [-0.25, -0.2) is 9.07 Å². The number of hydrogen-bond donors (Lipinski definition) is 0. The molecule has 1 aromatic heterocycles. The lowest BCUT2D eigenvalue weighted by Gasteiger charge is -2.02. The van der Waals surface area contributed by atoms with E-state index in [9.17, 15) is 9.18 Å². The van der Waals surface area contributed by atoms with E-state index in [0.29, 0.717) is 10.8 Å². The van der Waals surface area contributed by atoms with Gasteiger partial charge in [0.05, 0.1) is 5.39 Å². The van der Waals surface area contributed by atoms with Crippen LogP contribution in [0.1, 0.15) is 0 Å². The highest BCUT2D eigenvalue weighted by molar-refractivity contribution is 6.34. The van der Waals surface area contributed by atoms with Gasteiger partial charge >= 0.3 is 0 Å². The molecule has 0 unspecified atom stereocenters. The molecule has 3 nitrogen and oxygen atoms in total.